The number of aryl methyl sites for hydroxylation is 2. The fraction of sp³-hybridized carbons (Fsp3) is 0.333. The Balaban J connectivity index is 2.38. The first-order valence-electron chi connectivity index (χ1n) is 5.89. The van der Waals surface area contributed by atoms with E-state index in [0.29, 0.717) is 15.9 Å². The third-order valence-electron chi connectivity index (χ3n) is 2.96. The Hall–Kier alpha value is -1.96. The fourth-order valence-electron chi connectivity index (χ4n) is 2.10. The van der Waals surface area contributed by atoms with Gasteiger partial charge in [-0.1, -0.05) is 5.16 Å². The van der Waals surface area contributed by atoms with Crippen LogP contribution >= 0.6 is 15.9 Å². The molecule has 0 saturated heterocycles. The van der Waals surface area contributed by atoms with Crippen LogP contribution in [0.25, 0.3) is 0 Å². The molecule has 0 aliphatic carbocycles. The second kappa shape index (κ2) is 5.58. The minimum absolute atomic E-state index is 0.0852. The van der Waals surface area contributed by atoms with Crippen molar-refractivity contribution in [2.75, 3.05) is 5.32 Å². The molecule has 2 aromatic rings. The van der Waals surface area contributed by atoms with E-state index < -0.39 is 4.92 Å². The molecule has 7 nitrogen and oxygen atoms in total. The first-order chi connectivity index (χ1) is 9.41. The Morgan fingerprint density at radius 2 is 2.15 bits per heavy atom. The van der Waals surface area contributed by atoms with E-state index in [-0.39, 0.29) is 11.7 Å². The van der Waals surface area contributed by atoms with Crippen LogP contribution in [0.2, 0.25) is 0 Å². The van der Waals surface area contributed by atoms with Gasteiger partial charge in [0.2, 0.25) is 0 Å². The van der Waals surface area contributed by atoms with Crippen LogP contribution in [-0.4, -0.2) is 15.1 Å². The zero-order valence-electron chi connectivity index (χ0n) is 11.2. The first kappa shape index (κ1) is 14.4. The fourth-order valence-corrected chi connectivity index (χ4v) is 2.54. The van der Waals surface area contributed by atoms with E-state index in [9.17, 15) is 10.1 Å². The van der Waals surface area contributed by atoms with E-state index in [2.05, 4.69) is 31.4 Å². The molecule has 8 heteroatoms. The molecule has 2 heterocycles. The van der Waals surface area contributed by atoms with Crippen LogP contribution in [0.1, 0.15) is 30.0 Å². The molecule has 20 heavy (non-hydrogen) atoms. The monoisotopic (exact) mass is 340 g/mol. The lowest BCUT2D eigenvalue weighted by Crippen LogP contribution is -2.10. The summed E-state index contributed by atoms with van der Waals surface area (Å²) in [4.78, 5) is 14.4. The molecule has 1 unspecified atom stereocenters. The van der Waals surface area contributed by atoms with Crippen LogP contribution < -0.4 is 5.32 Å². The second-order valence-corrected chi connectivity index (χ2v) is 5.23. The van der Waals surface area contributed by atoms with Crippen LogP contribution in [0.15, 0.2) is 21.4 Å². The van der Waals surface area contributed by atoms with Gasteiger partial charge in [0.1, 0.15) is 17.6 Å². The zero-order valence-corrected chi connectivity index (χ0v) is 12.8. The average molecular weight is 341 g/mol. The van der Waals surface area contributed by atoms with Crippen molar-refractivity contribution in [2.24, 2.45) is 0 Å². The molecule has 0 spiro atoms. The van der Waals surface area contributed by atoms with Gasteiger partial charge in [-0.2, -0.15) is 0 Å². The summed E-state index contributed by atoms with van der Waals surface area (Å²) in [5.74, 6) is 0.690. The molecule has 0 aliphatic rings. The zero-order chi connectivity index (χ0) is 14.9. The summed E-state index contributed by atoms with van der Waals surface area (Å²) >= 11 is 3.28. The Bertz CT molecular complexity index is 637. The Labute approximate surface area is 123 Å². The summed E-state index contributed by atoms with van der Waals surface area (Å²) in [6, 6.07) is -0.182. The van der Waals surface area contributed by atoms with E-state index in [1.807, 2.05) is 20.8 Å². The van der Waals surface area contributed by atoms with Crippen LogP contribution in [0.4, 0.5) is 11.4 Å². The second-order valence-electron chi connectivity index (χ2n) is 4.38. The molecule has 2 aromatic heterocycles. The number of hydrogen-bond donors (Lipinski definition) is 1. The number of nitrogens with one attached hydrogen (secondary N) is 1. The van der Waals surface area contributed by atoms with E-state index in [0.717, 1.165) is 11.3 Å². The van der Waals surface area contributed by atoms with Crippen molar-refractivity contribution >= 4 is 27.3 Å². The average Bonchev–Trinajstić information content (AvgIpc) is 2.71. The van der Waals surface area contributed by atoms with Crippen molar-refractivity contribution in [1.29, 1.82) is 0 Å². The summed E-state index contributed by atoms with van der Waals surface area (Å²) in [5, 5.41) is 18.1. The topological polar surface area (TPSA) is 94.1 Å². The highest BCUT2D eigenvalue weighted by Crippen LogP contribution is 2.35. The van der Waals surface area contributed by atoms with Gasteiger partial charge in [-0.25, -0.2) is 0 Å². The van der Waals surface area contributed by atoms with Gasteiger partial charge in [0.15, 0.2) is 0 Å². The minimum atomic E-state index is -0.472. The molecule has 0 aliphatic heterocycles. The lowest BCUT2D eigenvalue weighted by molar-refractivity contribution is -0.384. The normalized spacial score (nSPS) is 12.2. The highest BCUT2D eigenvalue weighted by atomic mass is 79.9. The Morgan fingerprint density at radius 1 is 1.45 bits per heavy atom. The highest BCUT2D eigenvalue weighted by Gasteiger charge is 2.22. The minimum Gasteiger partial charge on any atom is -0.372 e. The van der Waals surface area contributed by atoms with Gasteiger partial charge in [0, 0.05) is 11.8 Å². The number of aromatic nitrogens is 2. The molecular formula is C12H13BrN4O3. The number of hydrogen-bond acceptors (Lipinski definition) is 6. The highest BCUT2D eigenvalue weighted by molar-refractivity contribution is 9.10. The van der Waals surface area contributed by atoms with Crippen molar-refractivity contribution in [3.05, 3.63) is 44.0 Å². The van der Waals surface area contributed by atoms with Gasteiger partial charge < -0.3 is 9.84 Å². The maximum Gasteiger partial charge on any atom is 0.311 e. The largest absolute Gasteiger partial charge is 0.372 e. The number of halogens is 1. The SMILES string of the molecule is Cc1noc(C)c1C(C)Nc1c(Br)cncc1[N+](=O)[O-]. The molecule has 0 aromatic carbocycles. The van der Waals surface area contributed by atoms with Gasteiger partial charge in [-0.05, 0) is 36.7 Å². The number of rotatable bonds is 4. The van der Waals surface area contributed by atoms with E-state index in [1.165, 1.54) is 12.4 Å². The standard InChI is InChI=1S/C12H13BrN4O3/c1-6(11-7(2)16-20-8(11)3)15-12-9(13)4-14-5-10(12)17(18)19/h4-6H,1-3H3,(H,14,15). The van der Waals surface area contributed by atoms with Crippen LogP contribution in [0.5, 0.6) is 0 Å². The summed E-state index contributed by atoms with van der Waals surface area (Å²) in [6.45, 7) is 5.53. The van der Waals surface area contributed by atoms with E-state index in [4.69, 9.17) is 4.52 Å². The molecule has 106 valence electrons. The summed E-state index contributed by atoms with van der Waals surface area (Å²) in [7, 11) is 0. The third kappa shape index (κ3) is 2.64. The summed E-state index contributed by atoms with van der Waals surface area (Å²) in [6.07, 6.45) is 2.72. The maximum atomic E-state index is 11.0. The molecule has 0 fully saturated rings. The van der Waals surface area contributed by atoms with Crippen molar-refractivity contribution in [3.8, 4) is 0 Å². The lowest BCUT2D eigenvalue weighted by atomic mass is 10.1. The first-order valence-corrected chi connectivity index (χ1v) is 6.68. The lowest BCUT2D eigenvalue weighted by Gasteiger charge is -2.16. The molecule has 0 radical (unpaired) electrons. The van der Waals surface area contributed by atoms with Crippen molar-refractivity contribution in [2.45, 2.75) is 26.8 Å². The molecule has 0 bridgehead atoms. The maximum absolute atomic E-state index is 11.0. The van der Waals surface area contributed by atoms with Gasteiger partial charge in [0.05, 0.1) is 21.1 Å². The quantitative estimate of drug-likeness (QED) is 0.675. The molecule has 0 saturated carbocycles. The Kier molecular flexibility index (Phi) is 4.03. The van der Waals surface area contributed by atoms with Gasteiger partial charge in [0.25, 0.3) is 0 Å². The molecular weight excluding hydrogens is 328 g/mol. The molecule has 2 rings (SSSR count). The summed E-state index contributed by atoms with van der Waals surface area (Å²) in [5.41, 5.74) is 1.95. The predicted molar refractivity (Wildman–Crippen MR) is 76.6 cm³/mol. The van der Waals surface area contributed by atoms with Crippen LogP contribution in [0, 0.1) is 24.0 Å². The van der Waals surface area contributed by atoms with E-state index in [1.54, 1.807) is 0 Å². The predicted octanol–water partition coefficient (Wildman–Crippen LogP) is 3.53. The molecule has 1 N–H and O–H groups in total. The Morgan fingerprint density at radius 3 is 2.70 bits per heavy atom. The van der Waals surface area contributed by atoms with Crippen LogP contribution in [-0.2, 0) is 0 Å². The van der Waals surface area contributed by atoms with Crippen LogP contribution in [0.3, 0.4) is 0 Å². The molecule has 0 amide bonds. The summed E-state index contributed by atoms with van der Waals surface area (Å²) < 4.78 is 5.65. The van der Waals surface area contributed by atoms with Crippen molar-refractivity contribution in [3.63, 3.8) is 0 Å². The van der Waals surface area contributed by atoms with Crippen molar-refractivity contribution < 1.29 is 9.45 Å². The van der Waals surface area contributed by atoms with E-state index >= 15 is 0 Å². The van der Waals surface area contributed by atoms with Gasteiger partial charge in [-0.15, -0.1) is 0 Å². The number of nitro groups is 1. The smallest absolute Gasteiger partial charge is 0.311 e. The number of anilines is 1. The third-order valence-corrected chi connectivity index (χ3v) is 3.56. The van der Waals surface area contributed by atoms with Crippen molar-refractivity contribution in [1.82, 2.24) is 10.1 Å². The number of pyridine rings is 1. The molecule has 1 atom stereocenters. The number of nitrogens with zero attached hydrogens (tertiary/aromatic N) is 3. The van der Waals surface area contributed by atoms with Gasteiger partial charge in [-0.3, -0.25) is 15.1 Å². The van der Waals surface area contributed by atoms with Gasteiger partial charge >= 0.3 is 5.69 Å².